The van der Waals surface area contributed by atoms with Crippen LogP contribution < -0.4 is 5.32 Å². The van der Waals surface area contributed by atoms with Crippen molar-refractivity contribution in [1.82, 2.24) is 10.3 Å². The third kappa shape index (κ3) is 3.52. The second-order valence-corrected chi connectivity index (χ2v) is 5.19. The van der Waals surface area contributed by atoms with Crippen LogP contribution in [0.3, 0.4) is 0 Å². The van der Waals surface area contributed by atoms with Crippen molar-refractivity contribution in [2.75, 3.05) is 6.54 Å². The van der Waals surface area contributed by atoms with Crippen molar-refractivity contribution in [2.45, 2.75) is 51.5 Å². The van der Waals surface area contributed by atoms with E-state index in [1.165, 1.54) is 50.8 Å². The maximum absolute atomic E-state index is 13.0. The average molecular weight is 250 g/mol. The van der Waals surface area contributed by atoms with Gasteiger partial charge in [0.15, 0.2) is 0 Å². The Morgan fingerprint density at radius 3 is 2.56 bits per heavy atom. The van der Waals surface area contributed by atoms with E-state index in [0.29, 0.717) is 5.92 Å². The number of aromatic nitrogens is 1. The van der Waals surface area contributed by atoms with Gasteiger partial charge in [0.25, 0.3) is 0 Å². The van der Waals surface area contributed by atoms with Crippen LogP contribution in [0.5, 0.6) is 0 Å². The average Bonchev–Trinajstić information content (AvgIpc) is 2.66. The lowest BCUT2D eigenvalue weighted by atomic mass is 9.89. The van der Waals surface area contributed by atoms with Gasteiger partial charge in [0.05, 0.1) is 17.9 Å². The summed E-state index contributed by atoms with van der Waals surface area (Å²) < 4.78 is 13.0. The normalized spacial score (nSPS) is 19.4. The molecule has 18 heavy (non-hydrogen) atoms. The molecule has 1 aliphatic rings. The Kier molecular flexibility index (Phi) is 5.12. The lowest BCUT2D eigenvalue weighted by Crippen LogP contribution is -2.29. The van der Waals surface area contributed by atoms with Crippen LogP contribution in [-0.2, 0) is 0 Å². The molecule has 0 spiro atoms. The first-order chi connectivity index (χ1) is 8.81. The second-order valence-electron chi connectivity index (χ2n) is 5.19. The lowest BCUT2D eigenvalue weighted by molar-refractivity contribution is 0.324. The number of halogens is 1. The minimum absolute atomic E-state index is 0.255. The van der Waals surface area contributed by atoms with Gasteiger partial charge in [-0.1, -0.05) is 32.6 Å². The minimum atomic E-state index is -0.255. The van der Waals surface area contributed by atoms with Gasteiger partial charge in [-0.25, -0.2) is 4.39 Å². The van der Waals surface area contributed by atoms with Gasteiger partial charge in [-0.2, -0.15) is 0 Å². The molecular formula is C15H23FN2. The predicted molar refractivity (Wildman–Crippen MR) is 71.8 cm³/mol. The Balaban J connectivity index is 2.12. The van der Waals surface area contributed by atoms with E-state index in [4.69, 9.17) is 0 Å². The predicted octanol–water partition coefficient (Wildman–Crippen LogP) is 3.84. The summed E-state index contributed by atoms with van der Waals surface area (Å²) in [6.07, 6.45) is 9.18. The molecular weight excluding hydrogens is 227 g/mol. The van der Waals surface area contributed by atoms with Gasteiger partial charge < -0.3 is 5.32 Å². The molecule has 0 aliphatic heterocycles. The quantitative estimate of drug-likeness (QED) is 0.821. The Hall–Kier alpha value is -0.960. The number of hydrogen-bond donors (Lipinski definition) is 1. The summed E-state index contributed by atoms with van der Waals surface area (Å²) in [4.78, 5) is 4.27. The maximum atomic E-state index is 13.0. The zero-order valence-corrected chi connectivity index (χ0v) is 11.2. The molecule has 2 rings (SSSR count). The molecule has 1 saturated carbocycles. The highest BCUT2D eigenvalue weighted by Gasteiger charge is 2.24. The molecule has 1 aromatic heterocycles. The molecule has 1 atom stereocenters. The van der Waals surface area contributed by atoms with E-state index in [1.54, 1.807) is 0 Å². The maximum Gasteiger partial charge on any atom is 0.141 e. The molecule has 1 aromatic rings. The first-order valence-corrected chi connectivity index (χ1v) is 7.16. The standard InChI is InChI=1S/C15H23FN2/c1-2-17-15(12-7-5-3-4-6-8-12)14-10-9-13(16)11-18-14/h9-12,15,17H,2-8H2,1H3. The van der Waals surface area contributed by atoms with Gasteiger partial charge in [0.2, 0.25) is 0 Å². The van der Waals surface area contributed by atoms with Crippen LogP contribution in [0.4, 0.5) is 4.39 Å². The van der Waals surface area contributed by atoms with Gasteiger partial charge >= 0.3 is 0 Å². The molecule has 0 aromatic carbocycles. The third-order valence-electron chi connectivity index (χ3n) is 3.86. The van der Waals surface area contributed by atoms with E-state index in [1.807, 2.05) is 6.07 Å². The Labute approximate surface area is 109 Å². The molecule has 1 unspecified atom stereocenters. The van der Waals surface area contributed by atoms with Crippen molar-refractivity contribution in [3.05, 3.63) is 29.8 Å². The SMILES string of the molecule is CCNC(c1ccc(F)cn1)C1CCCCCC1. The van der Waals surface area contributed by atoms with Gasteiger partial charge in [0.1, 0.15) is 5.82 Å². The zero-order valence-electron chi connectivity index (χ0n) is 11.2. The van der Waals surface area contributed by atoms with Crippen LogP contribution in [0.2, 0.25) is 0 Å². The largest absolute Gasteiger partial charge is 0.309 e. The number of nitrogens with one attached hydrogen (secondary N) is 1. The van der Waals surface area contributed by atoms with Crippen molar-refractivity contribution < 1.29 is 4.39 Å². The first-order valence-electron chi connectivity index (χ1n) is 7.16. The summed E-state index contributed by atoms with van der Waals surface area (Å²) in [7, 11) is 0. The van der Waals surface area contributed by atoms with Gasteiger partial charge in [-0.3, -0.25) is 4.98 Å². The molecule has 1 N–H and O–H groups in total. The van der Waals surface area contributed by atoms with E-state index in [9.17, 15) is 4.39 Å². The highest BCUT2D eigenvalue weighted by molar-refractivity contribution is 5.11. The van der Waals surface area contributed by atoms with E-state index >= 15 is 0 Å². The Morgan fingerprint density at radius 2 is 2.00 bits per heavy atom. The third-order valence-corrected chi connectivity index (χ3v) is 3.86. The van der Waals surface area contributed by atoms with Gasteiger partial charge in [-0.15, -0.1) is 0 Å². The summed E-state index contributed by atoms with van der Waals surface area (Å²) in [6.45, 7) is 3.05. The number of nitrogens with zero attached hydrogens (tertiary/aromatic N) is 1. The molecule has 2 nitrogen and oxygen atoms in total. The highest BCUT2D eigenvalue weighted by Crippen LogP contribution is 2.32. The topological polar surface area (TPSA) is 24.9 Å². The molecule has 1 aliphatic carbocycles. The van der Waals surface area contributed by atoms with Crippen molar-refractivity contribution >= 4 is 0 Å². The number of hydrogen-bond acceptors (Lipinski definition) is 2. The number of rotatable bonds is 4. The zero-order chi connectivity index (χ0) is 12.8. The van der Waals surface area contributed by atoms with Crippen LogP contribution in [0.25, 0.3) is 0 Å². The molecule has 1 heterocycles. The highest BCUT2D eigenvalue weighted by atomic mass is 19.1. The van der Waals surface area contributed by atoms with E-state index in [-0.39, 0.29) is 11.9 Å². The lowest BCUT2D eigenvalue weighted by Gasteiger charge is -2.26. The van der Waals surface area contributed by atoms with Crippen molar-refractivity contribution in [3.63, 3.8) is 0 Å². The molecule has 0 radical (unpaired) electrons. The molecule has 0 amide bonds. The van der Waals surface area contributed by atoms with Crippen LogP contribution in [0, 0.1) is 11.7 Å². The van der Waals surface area contributed by atoms with Crippen LogP contribution in [0.1, 0.15) is 57.2 Å². The second kappa shape index (κ2) is 6.83. The fraction of sp³-hybridized carbons (Fsp3) is 0.667. The summed E-state index contributed by atoms with van der Waals surface area (Å²) in [5.74, 6) is 0.389. The van der Waals surface area contributed by atoms with Crippen molar-refractivity contribution in [1.29, 1.82) is 0 Å². The molecule has 3 heteroatoms. The summed E-state index contributed by atoms with van der Waals surface area (Å²) in [6, 6.07) is 3.63. The van der Waals surface area contributed by atoms with Crippen molar-refractivity contribution in [2.24, 2.45) is 5.92 Å². The van der Waals surface area contributed by atoms with Gasteiger partial charge in [0, 0.05) is 0 Å². The van der Waals surface area contributed by atoms with Gasteiger partial charge in [-0.05, 0) is 37.4 Å². The minimum Gasteiger partial charge on any atom is -0.309 e. The van der Waals surface area contributed by atoms with Crippen LogP contribution >= 0.6 is 0 Å². The Bertz CT molecular complexity index is 342. The fourth-order valence-electron chi connectivity index (χ4n) is 2.95. The monoisotopic (exact) mass is 250 g/mol. The summed E-state index contributed by atoms with van der Waals surface area (Å²) >= 11 is 0. The Morgan fingerprint density at radius 1 is 1.28 bits per heavy atom. The van der Waals surface area contributed by atoms with Crippen molar-refractivity contribution in [3.8, 4) is 0 Å². The number of pyridine rings is 1. The fourth-order valence-corrected chi connectivity index (χ4v) is 2.95. The first kappa shape index (κ1) is 13.5. The summed E-state index contributed by atoms with van der Waals surface area (Å²) in [5.41, 5.74) is 0.991. The van der Waals surface area contributed by atoms with E-state index in [2.05, 4.69) is 17.2 Å². The smallest absolute Gasteiger partial charge is 0.141 e. The molecule has 0 bridgehead atoms. The van der Waals surface area contributed by atoms with Crippen LogP contribution in [-0.4, -0.2) is 11.5 Å². The molecule has 0 saturated heterocycles. The summed E-state index contributed by atoms with van der Waals surface area (Å²) in [5, 5.41) is 3.53. The van der Waals surface area contributed by atoms with Crippen LogP contribution in [0.15, 0.2) is 18.3 Å². The molecule has 1 fully saturated rings. The van der Waals surface area contributed by atoms with E-state index in [0.717, 1.165) is 12.2 Å². The molecule has 100 valence electrons. The van der Waals surface area contributed by atoms with E-state index < -0.39 is 0 Å².